The number of alkyl halides is 7. The van der Waals surface area contributed by atoms with Crippen LogP contribution in [0, 0.1) is 6.92 Å². The standard InChI is InChI=1S/C22H20Br2F6N2O2S/c1-11-9-13(20(25,21(24,26)27)22(28,29)30)7-8-16(11)32-18(33)14-5-4-6-15(23)17(14)19(34)31-12(2)10-35-3/h4-9,12H,10H2,1-3H3,(H,31,34)(H,32,33)/t12-,20?/m0/s1. The molecule has 0 spiro atoms. The zero-order valence-electron chi connectivity index (χ0n) is 18.5. The molecule has 192 valence electrons. The molecule has 2 atom stereocenters. The maximum atomic E-state index is 14.7. The van der Waals surface area contributed by atoms with E-state index in [0.29, 0.717) is 22.4 Å². The van der Waals surface area contributed by atoms with Gasteiger partial charge in [0.25, 0.3) is 11.8 Å². The van der Waals surface area contributed by atoms with Gasteiger partial charge < -0.3 is 10.6 Å². The molecule has 4 nitrogen and oxygen atoms in total. The molecular weight excluding hydrogens is 630 g/mol. The Morgan fingerprint density at radius 2 is 1.69 bits per heavy atom. The van der Waals surface area contributed by atoms with Crippen molar-refractivity contribution in [2.24, 2.45) is 0 Å². The van der Waals surface area contributed by atoms with Crippen LogP contribution in [0.25, 0.3) is 0 Å². The molecule has 0 heterocycles. The average molecular weight is 650 g/mol. The Kier molecular flexibility index (Phi) is 9.37. The second kappa shape index (κ2) is 11.1. The molecule has 0 aliphatic carbocycles. The van der Waals surface area contributed by atoms with Gasteiger partial charge in [0, 0.05) is 27.5 Å². The van der Waals surface area contributed by atoms with Crippen LogP contribution in [0.15, 0.2) is 40.9 Å². The van der Waals surface area contributed by atoms with Gasteiger partial charge in [-0.1, -0.05) is 18.2 Å². The Hall–Kier alpha value is -1.73. The van der Waals surface area contributed by atoms with Crippen molar-refractivity contribution in [1.82, 2.24) is 5.32 Å². The number of carbonyl (C=O) groups is 2. The average Bonchev–Trinajstić information content (AvgIpc) is 2.72. The zero-order chi connectivity index (χ0) is 26.8. The number of aryl methyl sites for hydroxylation is 1. The molecule has 0 aromatic heterocycles. The van der Waals surface area contributed by atoms with Crippen LogP contribution >= 0.6 is 43.6 Å². The van der Waals surface area contributed by atoms with Gasteiger partial charge in [0.2, 0.25) is 0 Å². The fourth-order valence-electron chi connectivity index (χ4n) is 3.23. The lowest BCUT2D eigenvalue weighted by Gasteiger charge is -2.32. The lowest BCUT2D eigenvalue weighted by Crippen LogP contribution is -2.49. The predicted octanol–water partition coefficient (Wildman–Crippen LogP) is 7.21. The van der Waals surface area contributed by atoms with Gasteiger partial charge in [-0.15, -0.1) is 0 Å². The summed E-state index contributed by atoms with van der Waals surface area (Å²) in [5, 5.41) is 5.20. The van der Waals surface area contributed by atoms with Crippen LogP contribution in [-0.2, 0) is 5.67 Å². The minimum absolute atomic E-state index is 0.0333. The molecule has 0 saturated heterocycles. The van der Waals surface area contributed by atoms with E-state index in [1.165, 1.54) is 46.7 Å². The molecule has 0 aliphatic heterocycles. The molecule has 1 unspecified atom stereocenters. The lowest BCUT2D eigenvalue weighted by molar-refractivity contribution is -0.282. The van der Waals surface area contributed by atoms with Crippen LogP contribution in [0.2, 0.25) is 0 Å². The number of nitrogens with one attached hydrogen (secondary N) is 2. The van der Waals surface area contributed by atoms with Crippen molar-refractivity contribution in [3.05, 3.63) is 63.1 Å². The van der Waals surface area contributed by atoms with Crippen LogP contribution in [0.3, 0.4) is 0 Å². The van der Waals surface area contributed by atoms with Gasteiger partial charge in [0.05, 0.1) is 11.1 Å². The SMILES string of the molecule is CSC[C@H](C)NC(=O)c1c(Br)cccc1C(=O)Nc1ccc(C(F)(C(F)(F)F)C(F)(F)Br)cc1C. The van der Waals surface area contributed by atoms with Crippen LogP contribution in [0.1, 0.15) is 38.8 Å². The molecule has 2 aromatic rings. The Morgan fingerprint density at radius 1 is 1.06 bits per heavy atom. The topological polar surface area (TPSA) is 58.2 Å². The number of carbonyl (C=O) groups excluding carboxylic acids is 2. The van der Waals surface area contributed by atoms with Crippen molar-refractivity contribution in [3.63, 3.8) is 0 Å². The molecule has 0 fully saturated rings. The highest BCUT2D eigenvalue weighted by atomic mass is 79.9. The van der Waals surface area contributed by atoms with Crippen molar-refractivity contribution in [2.75, 3.05) is 17.3 Å². The van der Waals surface area contributed by atoms with Crippen molar-refractivity contribution in [2.45, 2.75) is 36.6 Å². The highest BCUT2D eigenvalue weighted by Crippen LogP contribution is 2.55. The summed E-state index contributed by atoms with van der Waals surface area (Å²) in [6, 6.07) is 6.23. The van der Waals surface area contributed by atoms with Gasteiger partial charge in [-0.25, -0.2) is 4.39 Å². The molecule has 2 N–H and O–H groups in total. The first-order valence-corrected chi connectivity index (χ1v) is 12.9. The molecule has 0 aliphatic rings. The largest absolute Gasteiger partial charge is 0.433 e. The van der Waals surface area contributed by atoms with Crippen molar-refractivity contribution in [1.29, 1.82) is 0 Å². The normalized spacial score (nSPS) is 14.7. The quantitative estimate of drug-likeness (QED) is 0.235. The van der Waals surface area contributed by atoms with E-state index in [1.807, 2.05) is 6.26 Å². The summed E-state index contributed by atoms with van der Waals surface area (Å²) in [5.74, 6) is -0.675. The second-order valence-corrected chi connectivity index (χ2v) is 10.4. The van der Waals surface area contributed by atoms with E-state index >= 15 is 0 Å². The lowest BCUT2D eigenvalue weighted by atomic mass is 9.93. The number of benzene rings is 2. The highest BCUT2D eigenvalue weighted by Gasteiger charge is 2.71. The first-order valence-electron chi connectivity index (χ1n) is 9.87. The number of hydrogen-bond donors (Lipinski definition) is 2. The molecule has 13 heteroatoms. The summed E-state index contributed by atoms with van der Waals surface area (Å²) in [6.45, 7) is 3.01. The summed E-state index contributed by atoms with van der Waals surface area (Å²) in [7, 11) is 0. The molecule has 0 saturated carbocycles. The number of rotatable bonds is 8. The van der Waals surface area contributed by atoms with E-state index in [1.54, 1.807) is 13.0 Å². The summed E-state index contributed by atoms with van der Waals surface area (Å²) in [6.07, 6.45) is -4.06. The van der Waals surface area contributed by atoms with Crippen molar-refractivity contribution < 1.29 is 35.9 Å². The number of anilines is 1. The van der Waals surface area contributed by atoms with E-state index < -0.39 is 34.1 Å². The van der Waals surface area contributed by atoms with Gasteiger partial charge in [-0.05, 0) is 75.7 Å². The highest BCUT2D eigenvalue weighted by molar-refractivity contribution is 9.10. The number of halogens is 8. The van der Waals surface area contributed by atoms with Crippen LogP contribution in [0.4, 0.5) is 32.0 Å². The summed E-state index contributed by atoms with van der Waals surface area (Å²) in [5.41, 5.74) is -6.51. The van der Waals surface area contributed by atoms with E-state index in [4.69, 9.17) is 0 Å². The molecule has 35 heavy (non-hydrogen) atoms. The van der Waals surface area contributed by atoms with Crippen molar-refractivity contribution in [3.8, 4) is 0 Å². The third-order valence-electron chi connectivity index (χ3n) is 4.93. The Labute approximate surface area is 218 Å². The van der Waals surface area contributed by atoms with Gasteiger partial charge in [0.1, 0.15) is 0 Å². The Bertz CT molecular complexity index is 1090. The molecule has 2 amide bonds. The molecule has 0 bridgehead atoms. The van der Waals surface area contributed by atoms with Gasteiger partial charge in [0.15, 0.2) is 0 Å². The smallest absolute Gasteiger partial charge is 0.349 e. The molecule has 2 aromatic carbocycles. The molecule has 0 radical (unpaired) electrons. The van der Waals surface area contributed by atoms with Crippen LogP contribution in [-0.4, -0.2) is 40.9 Å². The maximum absolute atomic E-state index is 14.7. The van der Waals surface area contributed by atoms with Crippen molar-refractivity contribution >= 4 is 61.1 Å². The van der Waals surface area contributed by atoms with E-state index in [0.717, 1.165) is 6.07 Å². The number of amides is 2. The maximum Gasteiger partial charge on any atom is 0.433 e. The Morgan fingerprint density at radius 3 is 2.20 bits per heavy atom. The van der Waals surface area contributed by atoms with Crippen LogP contribution < -0.4 is 10.6 Å². The number of thioether (sulfide) groups is 1. The minimum atomic E-state index is -5.93. The van der Waals surface area contributed by atoms with Crippen LogP contribution in [0.5, 0.6) is 0 Å². The number of hydrogen-bond acceptors (Lipinski definition) is 3. The zero-order valence-corrected chi connectivity index (χ0v) is 22.5. The summed E-state index contributed by atoms with van der Waals surface area (Å²) < 4.78 is 82.0. The molecular formula is C22H20Br2F6N2O2S. The minimum Gasteiger partial charge on any atom is -0.349 e. The van der Waals surface area contributed by atoms with E-state index in [-0.39, 0.29) is 28.4 Å². The second-order valence-electron chi connectivity index (χ2n) is 7.63. The first-order chi connectivity index (χ1) is 16.0. The fourth-order valence-corrected chi connectivity index (χ4v) is 4.81. The van der Waals surface area contributed by atoms with E-state index in [9.17, 15) is 35.9 Å². The summed E-state index contributed by atoms with van der Waals surface area (Å²) >= 11 is 6.26. The third kappa shape index (κ3) is 6.34. The first kappa shape index (κ1) is 29.5. The van der Waals surface area contributed by atoms with Gasteiger partial charge in [-0.3, -0.25) is 9.59 Å². The third-order valence-corrected chi connectivity index (χ3v) is 6.97. The monoisotopic (exact) mass is 648 g/mol. The van der Waals surface area contributed by atoms with Gasteiger partial charge in [-0.2, -0.15) is 33.7 Å². The fraction of sp³-hybridized carbons (Fsp3) is 0.364. The molecule has 2 rings (SSSR count). The summed E-state index contributed by atoms with van der Waals surface area (Å²) in [4.78, 5) is 20.8. The van der Waals surface area contributed by atoms with E-state index in [2.05, 4.69) is 26.6 Å². The van der Waals surface area contributed by atoms with Gasteiger partial charge >= 0.3 is 16.7 Å². The predicted molar refractivity (Wildman–Crippen MR) is 131 cm³/mol. The Balaban J connectivity index is 2.41.